The van der Waals surface area contributed by atoms with Gasteiger partial charge in [0, 0.05) is 0 Å². The molecule has 0 aliphatic carbocycles. The maximum Gasteiger partial charge on any atom is 0.265 e. The zero-order valence-electron chi connectivity index (χ0n) is 8.30. The van der Waals surface area contributed by atoms with Crippen LogP contribution in [0.4, 0.5) is 0 Å². The molecule has 0 fully saturated rings. The molecule has 0 radical (unpaired) electrons. The number of benzene rings is 1. The number of sulfone groups is 1. The highest BCUT2D eigenvalue weighted by Gasteiger charge is 2.19. The molecule has 0 heterocycles. The fraction of sp³-hybridized carbons (Fsp3) is 0.250. The van der Waals surface area contributed by atoms with Crippen LogP contribution in [-0.2, 0) is 20.0 Å². The summed E-state index contributed by atoms with van der Waals surface area (Å²) in [6.07, 6.45) is 0. The van der Waals surface area contributed by atoms with Crippen LogP contribution in [0.3, 0.4) is 0 Å². The van der Waals surface area contributed by atoms with Crippen LogP contribution in [0, 0.1) is 0 Å². The predicted molar refractivity (Wildman–Crippen MR) is 64.9 cm³/mol. The van der Waals surface area contributed by atoms with Crippen molar-refractivity contribution in [2.24, 2.45) is 0 Å². The highest BCUT2D eigenvalue weighted by atomic mass is 35.5. The highest BCUT2D eigenvalue weighted by molar-refractivity contribution is 7.93. The maximum atomic E-state index is 11.7. The van der Waals surface area contributed by atoms with E-state index in [9.17, 15) is 16.8 Å². The number of halogens is 2. The summed E-state index contributed by atoms with van der Waals surface area (Å²) in [5.74, 6) is -1.58. The molecular weight excluding hydrogens is 311 g/mol. The molecule has 1 aromatic carbocycles. The Morgan fingerprint density at radius 3 is 2.06 bits per heavy atom. The Balaban J connectivity index is 3.02. The van der Waals surface area contributed by atoms with Gasteiger partial charge in [-0.25, -0.2) is 8.42 Å². The first-order valence-corrected chi connectivity index (χ1v) is 8.26. The molecule has 0 bridgehead atoms. The molecule has 17 heavy (non-hydrogen) atoms. The first kappa shape index (κ1) is 14.7. The smallest absolute Gasteiger partial charge is 0.265 e. The fourth-order valence-electron chi connectivity index (χ4n) is 1.00. The lowest BCUT2D eigenvalue weighted by Crippen LogP contribution is -2.16. The van der Waals surface area contributed by atoms with Crippen LogP contribution >= 0.6 is 23.2 Å². The van der Waals surface area contributed by atoms with Crippen LogP contribution in [0.5, 0.6) is 0 Å². The van der Waals surface area contributed by atoms with Crippen molar-refractivity contribution in [1.29, 1.82) is 0 Å². The maximum absolute atomic E-state index is 11.7. The molecule has 0 aliphatic rings. The molecule has 1 rings (SSSR count). The van der Waals surface area contributed by atoms with Gasteiger partial charge in [0.1, 0.15) is 0 Å². The molecule has 96 valence electrons. The molecule has 5 nitrogen and oxygen atoms in total. The molecular formula is C8H8Cl2O5S2. The van der Waals surface area contributed by atoms with Gasteiger partial charge in [-0.15, -0.1) is 0 Å². The standard InChI is InChI=1S/C8H8Cl2O5S2/c9-7-2-1-6(5-8(7)10)16(11,12)3-4-17(13,14)15/h1-2,5H,3-4H2,(H,13,14,15). The summed E-state index contributed by atoms with van der Waals surface area (Å²) in [5, 5.41) is 0.250. The van der Waals surface area contributed by atoms with Gasteiger partial charge >= 0.3 is 0 Å². The summed E-state index contributed by atoms with van der Waals surface area (Å²) >= 11 is 11.3. The van der Waals surface area contributed by atoms with Gasteiger partial charge in [-0.2, -0.15) is 8.42 Å². The van der Waals surface area contributed by atoms with Gasteiger partial charge in [-0.3, -0.25) is 4.55 Å². The average molecular weight is 319 g/mol. The van der Waals surface area contributed by atoms with Gasteiger partial charge in [-0.1, -0.05) is 23.2 Å². The minimum absolute atomic E-state index is 0.0552. The SMILES string of the molecule is O=S(=O)(O)CCS(=O)(=O)c1ccc(Cl)c(Cl)c1. The molecule has 0 amide bonds. The molecule has 1 N–H and O–H groups in total. The van der Waals surface area contributed by atoms with E-state index >= 15 is 0 Å². The van der Waals surface area contributed by atoms with E-state index in [1.807, 2.05) is 0 Å². The first-order chi connectivity index (χ1) is 7.62. The van der Waals surface area contributed by atoms with Crippen molar-refractivity contribution in [2.45, 2.75) is 4.90 Å². The third kappa shape index (κ3) is 4.44. The average Bonchev–Trinajstić information content (AvgIpc) is 2.18. The van der Waals surface area contributed by atoms with E-state index in [2.05, 4.69) is 0 Å². The normalized spacial score (nSPS) is 12.6. The third-order valence-corrected chi connectivity index (χ3v) is 5.29. The Hall–Kier alpha value is -0.340. The van der Waals surface area contributed by atoms with Crippen molar-refractivity contribution in [3.63, 3.8) is 0 Å². The third-order valence-electron chi connectivity index (χ3n) is 1.86. The van der Waals surface area contributed by atoms with E-state index in [1.165, 1.54) is 12.1 Å². The molecule has 0 atom stereocenters. The molecule has 1 aromatic rings. The molecule has 0 aromatic heterocycles. The van der Waals surface area contributed by atoms with Crippen molar-refractivity contribution in [3.05, 3.63) is 28.2 Å². The van der Waals surface area contributed by atoms with Crippen molar-refractivity contribution in [3.8, 4) is 0 Å². The fourth-order valence-corrected chi connectivity index (χ4v) is 3.89. The van der Waals surface area contributed by atoms with Gasteiger partial charge in [0.2, 0.25) is 0 Å². The van der Waals surface area contributed by atoms with Crippen molar-refractivity contribution < 1.29 is 21.4 Å². The molecule has 0 saturated heterocycles. The van der Waals surface area contributed by atoms with Crippen LogP contribution in [0.1, 0.15) is 0 Å². The molecule has 0 spiro atoms. The minimum Gasteiger partial charge on any atom is -0.286 e. The van der Waals surface area contributed by atoms with E-state index in [0.29, 0.717) is 0 Å². The summed E-state index contributed by atoms with van der Waals surface area (Å²) < 4.78 is 52.8. The zero-order chi connectivity index (χ0) is 13.3. The van der Waals surface area contributed by atoms with Crippen molar-refractivity contribution in [2.75, 3.05) is 11.5 Å². The van der Waals surface area contributed by atoms with Crippen molar-refractivity contribution in [1.82, 2.24) is 0 Å². The second-order valence-corrected chi connectivity index (χ2v) is 7.68. The number of hydrogen-bond acceptors (Lipinski definition) is 4. The van der Waals surface area contributed by atoms with Gasteiger partial charge < -0.3 is 0 Å². The number of hydrogen-bond donors (Lipinski definition) is 1. The van der Waals surface area contributed by atoms with Gasteiger partial charge in [0.15, 0.2) is 9.84 Å². The Bertz CT molecular complexity index is 621. The summed E-state index contributed by atoms with van der Waals surface area (Å²) in [5.41, 5.74) is 0. The molecule has 9 heteroatoms. The lowest BCUT2D eigenvalue weighted by molar-refractivity contribution is 0.484. The quantitative estimate of drug-likeness (QED) is 0.853. The first-order valence-electron chi connectivity index (χ1n) is 4.25. The van der Waals surface area contributed by atoms with Gasteiger partial charge in [0.05, 0.1) is 26.4 Å². The van der Waals surface area contributed by atoms with Crippen LogP contribution in [0.15, 0.2) is 23.1 Å². The van der Waals surface area contributed by atoms with Crippen LogP contribution in [0.2, 0.25) is 10.0 Å². The summed E-state index contributed by atoms with van der Waals surface area (Å²) in [6, 6.07) is 3.64. The summed E-state index contributed by atoms with van der Waals surface area (Å²) in [6.45, 7) is 0. The Morgan fingerprint density at radius 1 is 1.00 bits per heavy atom. The molecule has 0 unspecified atom stereocenters. The van der Waals surface area contributed by atoms with Crippen LogP contribution < -0.4 is 0 Å². The van der Waals surface area contributed by atoms with Crippen molar-refractivity contribution >= 4 is 43.2 Å². The van der Waals surface area contributed by atoms with E-state index in [4.69, 9.17) is 27.8 Å². The lowest BCUT2D eigenvalue weighted by Gasteiger charge is -2.04. The predicted octanol–water partition coefficient (Wildman–Crippen LogP) is 1.65. The largest absolute Gasteiger partial charge is 0.286 e. The molecule has 0 saturated carbocycles. The van der Waals surface area contributed by atoms with E-state index in [1.54, 1.807) is 0 Å². The van der Waals surface area contributed by atoms with E-state index < -0.39 is 31.5 Å². The van der Waals surface area contributed by atoms with Crippen LogP contribution in [0.25, 0.3) is 0 Å². The topological polar surface area (TPSA) is 88.5 Å². The summed E-state index contributed by atoms with van der Waals surface area (Å²) in [4.78, 5) is -0.143. The second-order valence-electron chi connectivity index (χ2n) is 3.18. The van der Waals surface area contributed by atoms with Crippen LogP contribution in [-0.4, -0.2) is 32.9 Å². The summed E-state index contributed by atoms with van der Waals surface area (Å²) in [7, 11) is -8.14. The number of rotatable bonds is 4. The van der Waals surface area contributed by atoms with Gasteiger partial charge in [-0.05, 0) is 18.2 Å². The zero-order valence-corrected chi connectivity index (χ0v) is 11.4. The minimum atomic E-state index is -4.32. The Labute approximate surface area is 109 Å². The monoisotopic (exact) mass is 318 g/mol. The Morgan fingerprint density at radius 2 is 1.59 bits per heavy atom. The molecule has 0 aliphatic heterocycles. The van der Waals surface area contributed by atoms with E-state index in [-0.39, 0.29) is 14.9 Å². The van der Waals surface area contributed by atoms with E-state index in [0.717, 1.165) is 6.07 Å². The van der Waals surface area contributed by atoms with Gasteiger partial charge in [0.25, 0.3) is 10.1 Å². The highest BCUT2D eigenvalue weighted by Crippen LogP contribution is 2.25. The second kappa shape index (κ2) is 5.11. The Kier molecular flexibility index (Phi) is 4.43. The lowest BCUT2D eigenvalue weighted by atomic mass is 10.4.